The highest BCUT2D eigenvalue weighted by molar-refractivity contribution is 7.09. The van der Waals surface area contributed by atoms with Crippen molar-refractivity contribution in [3.63, 3.8) is 0 Å². The number of ether oxygens (including phenoxy) is 1. The van der Waals surface area contributed by atoms with E-state index >= 15 is 0 Å². The summed E-state index contributed by atoms with van der Waals surface area (Å²) in [7, 11) is 2.14. The molecule has 0 saturated carbocycles. The molecule has 0 unspecified atom stereocenters. The zero-order valence-corrected chi connectivity index (χ0v) is 17.1. The summed E-state index contributed by atoms with van der Waals surface area (Å²) in [6, 6.07) is 10.8. The number of amides is 2. The summed E-state index contributed by atoms with van der Waals surface area (Å²) in [6.07, 6.45) is 1.09. The number of fused-ring (bicyclic) bond motifs is 1. The van der Waals surface area contributed by atoms with Gasteiger partial charge in [-0.25, -0.2) is 4.79 Å². The molecule has 0 bridgehead atoms. The molecule has 0 radical (unpaired) electrons. The second-order valence-electron chi connectivity index (χ2n) is 7.37. The molecule has 0 aliphatic carbocycles. The lowest BCUT2D eigenvalue weighted by molar-refractivity contribution is 0.0167. The Morgan fingerprint density at radius 2 is 2.07 bits per heavy atom. The van der Waals surface area contributed by atoms with Crippen LogP contribution >= 0.6 is 11.3 Å². The predicted octanol–water partition coefficient (Wildman–Crippen LogP) is 2.61. The molecule has 1 fully saturated rings. The van der Waals surface area contributed by atoms with Crippen LogP contribution in [-0.2, 0) is 17.7 Å². The van der Waals surface area contributed by atoms with E-state index in [1.807, 2.05) is 17.5 Å². The number of likely N-dealkylation sites (N-methyl/N-ethyl adjacent to an activating group) is 1. The fourth-order valence-corrected chi connectivity index (χ4v) is 4.62. The number of benzene rings is 1. The van der Waals surface area contributed by atoms with Crippen molar-refractivity contribution in [1.29, 1.82) is 0 Å². The number of carbonyl (C=O) groups is 1. The molecule has 4 rings (SSSR count). The van der Waals surface area contributed by atoms with Gasteiger partial charge in [0.2, 0.25) is 0 Å². The Balaban J connectivity index is 1.42. The van der Waals surface area contributed by atoms with Crippen LogP contribution in [0.3, 0.4) is 0 Å². The first kappa shape index (κ1) is 19.2. The fraction of sp³-hybridized carbons (Fsp3) is 0.476. The Morgan fingerprint density at radius 1 is 1.21 bits per heavy atom. The van der Waals surface area contributed by atoms with Crippen LogP contribution in [0, 0.1) is 0 Å². The van der Waals surface area contributed by atoms with Crippen molar-refractivity contribution in [2.24, 2.45) is 0 Å². The lowest BCUT2D eigenvalue weighted by Crippen LogP contribution is -2.45. The molecule has 1 saturated heterocycles. The van der Waals surface area contributed by atoms with E-state index in [9.17, 15) is 4.79 Å². The van der Waals surface area contributed by atoms with E-state index in [0.29, 0.717) is 13.1 Å². The molecule has 28 heavy (non-hydrogen) atoms. The number of hydrogen-bond donors (Lipinski definition) is 2. The van der Waals surface area contributed by atoms with Crippen molar-refractivity contribution in [3.8, 4) is 0 Å². The number of morpholine rings is 1. The molecule has 3 heterocycles. The third-order valence-electron chi connectivity index (χ3n) is 5.56. The van der Waals surface area contributed by atoms with E-state index in [0.717, 1.165) is 44.1 Å². The number of carbonyl (C=O) groups excluding carboxylic acids is 1. The summed E-state index contributed by atoms with van der Waals surface area (Å²) in [4.78, 5) is 18.2. The standard InChI is InChI=1S/C21H28N4O2S/c1-24-7-6-17-13-16(4-5-19(17)24)20(25-8-10-27-11-9-25)15-23-21(26)22-14-18-3-2-12-28-18/h2-5,12-13,20H,6-11,14-15H2,1H3,(H2,22,23,26)/t20-/m1/s1. The van der Waals surface area contributed by atoms with Crippen LogP contribution in [-0.4, -0.2) is 57.4 Å². The Kier molecular flexibility index (Phi) is 6.14. The highest BCUT2D eigenvalue weighted by atomic mass is 32.1. The first-order valence-electron chi connectivity index (χ1n) is 9.90. The molecule has 1 aromatic heterocycles. The van der Waals surface area contributed by atoms with Gasteiger partial charge in [-0.2, -0.15) is 0 Å². The van der Waals surface area contributed by atoms with Crippen LogP contribution in [0.1, 0.15) is 22.0 Å². The van der Waals surface area contributed by atoms with Gasteiger partial charge in [-0.3, -0.25) is 4.90 Å². The molecule has 1 aromatic carbocycles. The van der Waals surface area contributed by atoms with E-state index in [4.69, 9.17) is 4.74 Å². The molecule has 150 valence electrons. The number of nitrogens with one attached hydrogen (secondary N) is 2. The molecule has 2 aliphatic heterocycles. The topological polar surface area (TPSA) is 56.8 Å². The largest absolute Gasteiger partial charge is 0.379 e. The van der Waals surface area contributed by atoms with Gasteiger partial charge in [-0.15, -0.1) is 11.3 Å². The van der Waals surface area contributed by atoms with Gasteiger partial charge in [0.05, 0.1) is 25.8 Å². The average molecular weight is 401 g/mol. The molecular weight excluding hydrogens is 372 g/mol. The minimum absolute atomic E-state index is 0.118. The van der Waals surface area contributed by atoms with Crippen LogP contribution < -0.4 is 15.5 Å². The molecule has 2 N–H and O–H groups in total. The zero-order chi connectivity index (χ0) is 19.3. The fourth-order valence-electron chi connectivity index (χ4n) is 3.97. The Hall–Kier alpha value is -2.09. The van der Waals surface area contributed by atoms with E-state index in [1.165, 1.54) is 16.8 Å². The zero-order valence-electron chi connectivity index (χ0n) is 16.3. The maximum absolute atomic E-state index is 12.3. The Bertz CT molecular complexity index is 790. The summed E-state index contributed by atoms with van der Waals surface area (Å²) in [5, 5.41) is 8.05. The average Bonchev–Trinajstić information content (AvgIpc) is 3.37. The van der Waals surface area contributed by atoms with Crippen LogP contribution in [0.5, 0.6) is 0 Å². The summed E-state index contributed by atoms with van der Waals surface area (Å²) >= 11 is 1.65. The number of anilines is 1. The van der Waals surface area contributed by atoms with Gasteiger partial charge in [0.1, 0.15) is 0 Å². The lowest BCUT2D eigenvalue weighted by atomic mass is 10.0. The van der Waals surface area contributed by atoms with Crippen molar-refractivity contribution in [2.75, 3.05) is 51.3 Å². The monoisotopic (exact) mass is 400 g/mol. The van der Waals surface area contributed by atoms with Crippen molar-refractivity contribution >= 4 is 23.1 Å². The van der Waals surface area contributed by atoms with Crippen LogP contribution in [0.4, 0.5) is 10.5 Å². The van der Waals surface area contributed by atoms with Crippen LogP contribution in [0.2, 0.25) is 0 Å². The number of thiophene rings is 1. The third kappa shape index (κ3) is 4.48. The van der Waals surface area contributed by atoms with Gasteiger partial charge in [0.15, 0.2) is 0 Å². The van der Waals surface area contributed by atoms with Crippen LogP contribution in [0.25, 0.3) is 0 Å². The maximum Gasteiger partial charge on any atom is 0.315 e. The smallest absolute Gasteiger partial charge is 0.315 e. The molecule has 2 aliphatic rings. The minimum atomic E-state index is -0.118. The first-order chi connectivity index (χ1) is 13.7. The summed E-state index contributed by atoms with van der Waals surface area (Å²) < 4.78 is 5.53. The van der Waals surface area contributed by atoms with E-state index in [-0.39, 0.29) is 12.1 Å². The van der Waals surface area contributed by atoms with Crippen molar-refractivity contribution in [3.05, 3.63) is 51.7 Å². The predicted molar refractivity (Wildman–Crippen MR) is 113 cm³/mol. The SMILES string of the molecule is CN1CCc2cc([C@@H](CNC(=O)NCc3cccs3)N3CCOCC3)ccc21. The van der Waals surface area contributed by atoms with Crippen molar-refractivity contribution in [2.45, 2.75) is 19.0 Å². The molecule has 7 heteroatoms. The molecule has 1 atom stereocenters. The van der Waals surface area contributed by atoms with Crippen molar-refractivity contribution < 1.29 is 9.53 Å². The highest BCUT2D eigenvalue weighted by Gasteiger charge is 2.25. The summed E-state index contributed by atoms with van der Waals surface area (Å²) in [5.41, 5.74) is 4.00. The van der Waals surface area contributed by atoms with E-state index < -0.39 is 0 Å². The van der Waals surface area contributed by atoms with Gasteiger partial charge in [0, 0.05) is 43.8 Å². The third-order valence-corrected chi connectivity index (χ3v) is 6.44. The minimum Gasteiger partial charge on any atom is -0.379 e. The summed E-state index contributed by atoms with van der Waals surface area (Å²) in [6.45, 7) is 5.50. The number of urea groups is 1. The summed E-state index contributed by atoms with van der Waals surface area (Å²) in [5.74, 6) is 0. The number of hydrogen-bond acceptors (Lipinski definition) is 5. The Morgan fingerprint density at radius 3 is 2.86 bits per heavy atom. The molecule has 2 amide bonds. The van der Waals surface area contributed by atoms with Gasteiger partial charge in [-0.1, -0.05) is 18.2 Å². The van der Waals surface area contributed by atoms with Gasteiger partial charge >= 0.3 is 6.03 Å². The first-order valence-corrected chi connectivity index (χ1v) is 10.8. The van der Waals surface area contributed by atoms with Crippen LogP contribution in [0.15, 0.2) is 35.7 Å². The molecular formula is C21H28N4O2S. The molecule has 2 aromatic rings. The number of rotatable bonds is 6. The highest BCUT2D eigenvalue weighted by Crippen LogP contribution is 2.31. The lowest BCUT2D eigenvalue weighted by Gasteiger charge is -2.35. The van der Waals surface area contributed by atoms with Gasteiger partial charge in [-0.05, 0) is 35.1 Å². The van der Waals surface area contributed by atoms with Gasteiger partial charge < -0.3 is 20.3 Å². The maximum atomic E-state index is 12.3. The normalized spacial score (nSPS) is 18.0. The quantitative estimate of drug-likeness (QED) is 0.783. The second-order valence-corrected chi connectivity index (χ2v) is 8.40. The van der Waals surface area contributed by atoms with Gasteiger partial charge in [0.25, 0.3) is 0 Å². The molecule has 0 spiro atoms. The number of nitrogens with zero attached hydrogens (tertiary/aromatic N) is 2. The molecule has 6 nitrogen and oxygen atoms in total. The van der Waals surface area contributed by atoms with Crippen molar-refractivity contribution in [1.82, 2.24) is 15.5 Å². The van der Waals surface area contributed by atoms with E-state index in [1.54, 1.807) is 11.3 Å². The van der Waals surface area contributed by atoms with E-state index in [2.05, 4.69) is 45.7 Å². The Labute approximate surface area is 170 Å². The second kappa shape index (κ2) is 8.94.